The van der Waals surface area contributed by atoms with Crippen LogP contribution >= 0.6 is 11.6 Å². The molecule has 3 nitrogen and oxygen atoms in total. The maximum absolute atomic E-state index is 14.3. The number of hydrogen-bond acceptors (Lipinski definition) is 3. The Morgan fingerprint density at radius 1 is 1.16 bits per heavy atom. The van der Waals surface area contributed by atoms with Crippen LogP contribution in [0.2, 0.25) is 5.02 Å². The molecule has 0 unspecified atom stereocenters. The van der Waals surface area contributed by atoms with Crippen molar-refractivity contribution in [3.05, 3.63) is 28.5 Å². The fourth-order valence-corrected chi connectivity index (χ4v) is 2.11. The normalized spacial score (nSPS) is 21.6. The number of halogens is 2. The Balaban J connectivity index is 2.40. The molecule has 1 heterocycles. The largest absolute Gasteiger partial charge is 0.492 e. The van der Waals surface area contributed by atoms with E-state index in [0.29, 0.717) is 5.56 Å². The molecule has 1 saturated heterocycles. The molecule has 1 aromatic carbocycles. The summed E-state index contributed by atoms with van der Waals surface area (Å²) in [4.78, 5) is 0. The summed E-state index contributed by atoms with van der Waals surface area (Å²) in [6.45, 7) is 7.66. The van der Waals surface area contributed by atoms with Gasteiger partial charge in [0.2, 0.25) is 0 Å². The third kappa shape index (κ3) is 2.33. The number of methoxy groups -OCH3 is 1. The van der Waals surface area contributed by atoms with Crippen molar-refractivity contribution in [3.63, 3.8) is 0 Å². The van der Waals surface area contributed by atoms with Crippen LogP contribution in [0.4, 0.5) is 4.39 Å². The first-order valence-corrected chi connectivity index (χ1v) is 6.45. The second-order valence-corrected chi connectivity index (χ2v) is 5.98. The van der Waals surface area contributed by atoms with Crippen LogP contribution in [0.15, 0.2) is 12.1 Å². The minimum atomic E-state index is -0.767. The van der Waals surface area contributed by atoms with E-state index < -0.39 is 23.3 Å². The van der Waals surface area contributed by atoms with Gasteiger partial charge < -0.3 is 14.2 Å². The van der Waals surface area contributed by atoms with Crippen LogP contribution in [0.1, 0.15) is 39.5 Å². The second kappa shape index (κ2) is 4.62. The highest BCUT2D eigenvalue weighted by Gasteiger charge is 2.50. The zero-order valence-electron chi connectivity index (χ0n) is 11.7. The lowest BCUT2D eigenvalue weighted by Crippen LogP contribution is -2.41. The zero-order valence-corrected chi connectivity index (χ0v) is 12.5. The van der Waals surface area contributed by atoms with Crippen molar-refractivity contribution in [1.82, 2.24) is 0 Å². The first-order chi connectivity index (χ1) is 8.69. The van der Waals surface area contributed by atoms with Crippen LogP contribution in [-0.4, -0.2) is 18.3 Å². The summed E-state index contributed by atoms with van der Waals surface area (Å²) in [5.74, 6) is -0.539. The molecule has 0 aliphatic carbocycles. The SMILES string of the molecule is COc1c(Cl)ccc(C2OC(C)(C)C(C)(C)O2)c1F. The van der Waals surface area contributed by atoms with Crippen molar-refractivity contribution in [1.29, 1.82) is 0 Å². The molecule has 0 atom stereocenters. The molecule has 1 aromatic rings. The summed E-state index contributed by atoms with van der Waals surface area (Å²) in [5.41, 5.74) is -0.742. The maximum Gasteiger partial charge on any atom is 0.188 e. The Morgan fingerprint density at radius 2 is 1.68 bits per heavy atom. The van der Waals surface area contributed by atoms with Gasteiger partial charge in [0.05, 0.1) is 23.3 Å². The van der Waals surface area contributed by atoms with Gasteiger partial charge in [0.1, 0.15) is 0 Å². The Bertz CT molecular complexity index is 484. The Morgan fingerprint density at radius 3 is 2.16 bits per heavy atom. The van der Waals surface area contributed by atoms with Gasteiger partial charge in [-0.15, -0.1) is 0 Å². The van der Waals surface area contributed by atoms with Gasteiger partial charge >= 0.3 is 0 Å². The van der Waals surface area contributed by atoms with Crippen LogP contribution < -0.4 is 4.74 Å². The van der Waals surface area contributed by atoms with Crippen molar-refractivity contribution in [2.24, 2.45) is 0 Å². The molecule has 1 fully saturated rings. The first-order valence-electron chi connectivity index (χ1n) is 6.07. The van der Waals surface area contributed by atoms with E-state index in [1.165, 1.54) is 7.11 Å². The molecule has 0 spiro atoms. The lowest BCUT2D eigenvalue weighted by molar-refractivity contribution is -0.0916. The predicted molar refractivity (Wildman–Crippen MR) is 71.0 cm³/mol. The summed E-state index contributed by atoms with van der Waals surface area (Å²) in [6.07, 6.45) is -0.767. The Labute approximate surface area is 117 Å². The minimum absolute atomic E-state index is 0.00822. The molecular weight excluding hydrogens is 271 g/mol. The summed E-state index contributed by atoms with van der Waals surface area (Å²) in [6, 6.07) is 3.13. The molecule has 0 saturated carbocycles. The lowest BCUT2D eigenvalue weighted by Gasteiger charge is -2.30. The van der Waals surface area contributed by atoms with E-state index in [1.807, 2.05) is 27.7 Å². The van der Waals surface area contributed by atoms with Crippen LogP contribution in [0, 0.1) is 5.82 Å². The summed E-state index contributed by atoms with van der Waals surface area (Å²) in [7, 11) is 1.37. The highest BCUT2D eigenvalue weighted by Crippen LogP contribution is 2.46. The average Bonchev–Trinajstić information content (AvgIpc) is 2.48. The molecule has 19 heavy (non-hydrogen) atoms. The molecule has 0 N–H and O–H groups in total. The highest BCUT2D eigenvalue weighted by atomic mass is 35.5. The van der Waals surface area contributed by atoms with Crippen LogP contribution in [0.5, 0.6) is 5.75 Å². The molecule has 0 amide bonds. The molecular formula is C14H18ClFO3. The zero-order chi connectivity index (χ0) is 14.4. The second-order valence-electron chi connectivity index (χ2n) is 5.57. The fourth-order valence-electron chi connectivity index (χ4n) is 1.89. The van der Waals surface area contributed by atoms with Gasteiger partial charge in [0, 0.05) is 5.56 Å². The highest BCUT2D eigenvalue weighted by molar-refractivity contribution is 6.32. The van der Waals surface area contributed by atoms with E-state index in [2.05, 4.69) is 0 Å². The molecule has 5 heteroatoms. The van der Waals surface area contributed by atoms with Crippen molar-refractivity contribution in [2.45, 2.75) is 45.2 Å². The van der Waals surface area contributed by atoms with E-state index in [0.717, 1.165) is 0 Å². The van der Waals surface area contributed by atoms with Crippen LogP contribution in [-0.2, 0) is 9.47 Å². The van der Waals surface area contributed by atoms with E-state index in [4.69, 9.17) is 25.8 Å². The maximum atomic E-state index is 14.3. The standard InChI is InChI=1S/C14H18ClFO3/c1-13(2)14(3,4)19-12(18-13)8-6-7-9(15)11(17-5)10(8)16/h6-7,12H,1-5H3. The summed E-state index contributed by atoms with van der Waals surface area (Å²) < 4.78 is 30.9. The van der Waals surface area contributed by atoms with Crippen molar-refractivity contribution < 1.29 is 18.6 Å². The quantitative estimate of drug-likeness (QED) is 0.820. The van der Waals surface area contributed by atoms with Gasteiger partial charge in [0.25, 0.3) is 0 Å². The number of benzene rings is 1. The predicted octanol–water partition coefficient (Wildman–Crippen LogP) is 4.09. The average molecular weight is 289 g/mol. The minimum Gasteiger partial charge on any atom is -0.492 e. The van der Waals surface area contributed by atoms with Gasteiger partial charge in [-0.3, -0.25) is 0 Å². The third-order valence-electron chi connectivity index (χ3n) is 3.79. The Hall–Kier alpha value is -0.840. The van der Waals surface area contributed by atoms with Crippen LogP contribution in [0.3, 0.4) is 0 Å². The molecule has 0 bridgehead atoms. The van der Waals surface area contributed by atoms with Gasteiger partial charge in [-0.05, 0) is 39.8 Å². The van der Waals surface area contributed by atoms with Gasteiger partial charge in [-0.1, -0.05) is 11.6 Å². The monoisotopic (exact) mass is 288 g/mol. The molecule has 1 aliphatic heterocycles. The van der Waals surface area contributed by atoms with Gasteiger partial charge in [-0.2, -0.15) is 0 Å². The summed E-state index contributed by atoms with van der Waals surface area (Å²) in [5, 5.41) is 0.222. The Kier molecular flexibility index (Phi) is 3.54. The first kappa shape index (κ1) is 14.6. The summed E-state index contributed by atoms with van der Waals surface area (Å²) >= 11 is 5.87. The number of rotatable bonds is 2. The van der Waals surface area contributed by atoms with E-state index in [1.54, 1.807) is 12.1 Å². The van der Waals surface area contributed by atoms with Gasteiger partial charge in [0.15, 0.2) is 17.9 Å². The number of hydrogen-bond donors (Lipinski definition) is 0. The molecule has 1 aliphatic rings. The van der Waals surface area contributed by atoms with E-state index in [9.17, 15) is 4.39 Å². The lowest BCUT2D eigenvalue weighted by atomic mass is 9.90. The van der Waals surface area contributed by atoms with Crippen LogP contribution in [0.25, 0.3) is 0 Å². The number of ether oxygens (including phenoxy) is 3. The topological polar surface area (TPSA) is 27.7 Å². The van der Waals surface area contributed by atoms with E-state index in [-0.39, 0.29) is 10.8 Å². The smallest absolute Gasteiger partial charge is 0.188 e. The van der Waals surface area contributed by atoms with Crippen molar-refractivity contribution >= 4 is 11.6 Å². The molecule has 2 rings (SSSR count). The molecule has 106 valence electrons. The van der Waals surface area contributed by atoms with Gasteiger partial charge in [-0.25, -0.2) is 4.39 Å². The molecule has 0 aromatic heterocycles. The van der Waals surface area contributed by atoms with E-state index >= 15 is 0 Å². The molecule has 0 radical (unpaired) electrons. The fraction of sp³-hybridized carbons (Fsp3) is 0.571. The third-order valence-corrected chi connectivity index (χ3v) is 4.09. The van der Waals surface area contributed by atoms with Crippen molar-refractivity contribution in [2.75, 3.05) is 7.11 Å². The van der Waals surface area contributed by atoms with Crippen molar-refractivity contribution in [3.8, 4) is 5.75 Å².